The van der Waals surface area contributed by atoms with E-state index in [1.807, 2.05) is 25.9 Å². The van der Waals surface area contributed by atoms with Crippen molar-refractivity contribution in [3.8, 4) is 0 Å². The van der Waals surface area contributed by atoms with Gasteiger partial charge in [-0.1, -0.05) is 20.8 Å². The maximum absolute atomic E-state index is 14.0. The molecule has 0 aliphatic carbocycles. The summed E-state index contributed by atoms with van der Waals surface area (Å²) >= 11 is 0. The third kappa shape index (κ3) is 10.3. The van der Waals surface area contributed by atoms with Crippen LogP contribution in [0.2, 0.25) is 0 Å². The summed E-state index contributed by atoms with van der Waals surface area (Å²) in [6.07, 6.45) is -3.57. The predicted octanol–water partition coefficient (Wildman–Crippen LogP) is 2.58. The molecule has 2 aliphatic rings. The summed E-state index contributed by atoms with van der Waals surface area (Å²) < 4.78 is 35.7. The van der Waals surface area contributed by atoms with Crippen LogP contribution in [0.1, 0.15) is 81.6 Å². The Labute approximate surface area is 279 Å². The van der Waals surface area contributed by atoms with Crippen molar-refractivity contribution in [1.82, 2.24) is 4.90 Å². The lowest BCUT2D eigenvalue weighted by Gasteiger charge is -2.48. The molecule has 2 N–H and O–H groups in total. The van der Waals surface area contributed by atoms with E-state index in [-0.39, 0.29) is 30.6 Å². The van der Waals surface area contributed by atoms with Crippen molar-refractivity contribution in [2.45, 2.75) is 136 Å². The number of carbonyl (C=O) groups is 4. The molecule has 1 saturated heterocycles. The van der Waals surface area contributed by atoms with Crippen LogP contribution in [0.5, 0.6) is 0 Å². The van der Waals surface area contributed by atoms with E-state index in [1.165, 1.54) is 40.9 Å². The number of carbonyl (C=O) groups excluding carboxylic acids is 4. The Morgan fingerprint density at radius 2 is 1.70 bits per heavy atom. The second-order valence-corrected chi connectivity index (χ2v) is 13.8. The van der Waals surface area contributed by atoms with E-state index in [4.69, 9.17) is 28.4 Å². The molecule has 0 aromatic rings. The van der Waals surface area contributed by atoms with Gasteiger partial charge in [0, 0.05) is 38.4 Å². The molecule has 0 unspecified atom stereocenters. The summed E-state index contributed by atoms with van der Waals surface area (Å²) in [5.41, 5.74) is -3.08. The molecule has 0 amide bonds. The molecule has 47 heavy (non-hydrogen) atoms. The lowest BCUT2D eigenvalue weighted by Crippen LogP contribution is -2.60. The van der Waals surface area contributed by atoms with Crippen molar-refractivity contribution in [2.24, 2.45) is 17.8 Å². The number of aliphatic hydroxyl groups excluding tert-OH is 1. The van der Waals surface area contributed by atoms with Gasteiger partial charge < -0.3 is 43.5 Å². The van der Waals surface area contributed by atoms with Gasteiger partial charge in [-0.2, -0.15) is 0 Å². The quantitative estimate of drug-likeness (QED) is 0.286. The molecular formula is C34H57NO12. The van der Waals surface area contributed by atoms with Gasteiger partial charge in [0.2, 0.25) is 0 Å². The lowest BCUT2D eigenvalue weighted by atomic mass is 9.76. The molecule has 0 spiro atoms. The van der Waals surface area contributed by atoms with Crippen LogP contribution < -0.4 is 0 Å². The first kappa shape index (κ1) is 40.8. The maximum atomic E-state index is 14.0. The van der Waals surface area contributed by atoms with Crippen molar-refractivity contribution in [3.05, 3.63) is 11.6 Å². The van der Waals surface area contributed by atoms with Crippen molar-refractivity contribution in [3.63, 3.8) is 0 Å². The number of methoxy groups -OCH3 is 1. The molecule has 2 rings (SSSR count). The zero-order valence-corrected chi connectivity index (χ0v) is 30.1. The van der Waals surface area contributed by atoms with Gasteiger partial charge in [0.25, 0.3) is 0 Å². The number of hydrogen-bond acceptors (Lipinski definition) is 13. The van der Waals surface area contributed by atoms with Crippen molar-refractivity contribution in [2.75, 3.05) is 27.8 Å². The zero-order chi connectivity index (χ0) is 36.0. The fourth-order valence-electron chi connectivity index (χ4n) is 6.70. The molecule has 2 aliphatic heterocycles. The zero-order valence-electron chi connectivity index (χ0n) is 30.1. The summed E-state index contributed by atoms with van der Waals surface area (Å²) in [5.74, 6) is -4.99. The highest BCUT2D eigenvalue weighted by Gasteiger charge is 2.51. The number of likely N-dealkylation sites (N-methyl/N-ethyl adjacent to an activating group) is 1. The Morgan fingerprint density at radius 1 is 1.09 bits per heavy atom. The Bertz CT molecular complexity index is 1140. The van der Waals surface area contributed by atoms with Crippen LogP contribution in [-0.4, -0.2) is 121 Å². The summed E-state index contributed by atoms with van der Waals surface area (Å²) in [5, 5.41) is 23.1. The number of rotatable bonds is 8. The maximum Gasteiger partial charge on any atom is 0.311 e. The Balaban J connectivity index is 2.74. The average Bonchev–Trinajstić information content (AvgIpc) is 2.98. The molecule has 2 heterocycles. The van der Waals surface area contributed by atoms with Crippen molar-refractivity contribution < 1.29 is 57.8 Å². The number of hydrogen-bond donors (Lipinski definition) is 2. The number of esters is 3. The minimum atomic E-state index is -1.81. The summed E-state index contributed by atoms with van der Waals surface area (Å²) in [6, 6.07) is -0.262. The van der Waals surface area contributed by atoms with E-state index < -0.39 is 90.0 Å². The Hall–Kier alpha value is -2.42. The predicted molar refractivity (Wildman–Crippen MR) is 171 cm³/mol. The second-order valence-electron chi connectivity index (χ2n) is 13.8. The average molecular weight is 672 g/mol. The third-order valence-corrected chi connectivity index (χ3v) is 9.46. The topological polar surface area (TPSA) is 167 Å². The van der Waals surface area contributed by atoms with E-state index in [1.54, 1.807) is 27.7 Å². The van der Waals surface area contributed by atoms with E-state index in [2.05, 4.69) is 0 Å². The van der Waals surface area contributed by atoms with Crippen LogP contribution >= 0.6 is 0 Å². The Kier molecular flexibility index (Phi) is 14.6. The summed E-state index contributed by atoms with van der Waals surface area (Å²) in [4.78, 5) is 53.4. The normalized spacial score (nSPS) is 39.4. The molecule has 13 nitrogen and oxygen atoms in total. The standard InChI is InChI=1S/C34H57NO12/c1-13-26-33(8,41)16-24(17-43-22(6)36)27(38)18(2)15-34(9,42-12)30(20(4)28(39)21(5)31(40)46-26)47-32-29(45-23(7)37)25(35(10)11)14-19(3)44-32/h16,18-21,25-26,28-30,32,39,41H,13-15,17H2,1-12H3/t18-,19-,20+,21-,25+,26-,28+,29-,30-,32+,33+,34+/m1/s1. The summed E-state index contributed by atoms with van der Waals surface area (Å²) in [7, 11) is 5.19. The summed E-state index contributed by atoms with van der Waals surface area (Å²) in [6.45, 7) is 13.7. The molecule has 1 fully saturated rings. The number of cyclic esters (lactones) is 1. The van der Waals surface area contributed by atoms with Gasteiger partial charge in [0.05, 0.1) is 35.9 Å². The highest BCUT2D eigenvalue weighted by molar-refractivity contribution is 5.97. The highest BCUT2D eigenvalue weighted by atomic mass is 16.7. The van der Waals surface area contributed by atoms with Crippen LogP contribution in [0.4, 0.5) is 0 Å². The van der Waals surface area contributed by atoms with Gasteiger partial charge in [-0.25, -0.2) is 0 Å². The molecule has 0 saturated carbocycles. The first-order valence-corrected chi connectivity index (χ1v) is 16.4. The van der Waals surface area contributed by atoms with Crippen LogP contribution in [0.25, 0.3) is 0 Å². The fourth-order valence-corrected chi connectivity index (χ4v) is 6.70. The largest absolute Gasteiger partial charge is 0.461 e. The van der Waals surface area contributed by atoms with Crippen molar-refractivity contribution >= 4 is 23.7 Å². The van der Waals surface area contributed by atoms with Gasteiger partial charge in [0.1, 0.15) is 18.3 Å². The van der Waals surface area contributed by atoms with E-state index >= 15 is 0 Å². The number of Topliss-reactive ketones (excluding diaryl/α,β-unsaturated/α-hetero) is 1. The molecule has 12 atom stereocenters. The van der Waals surface area contributed by atoms with E-state index in [0.29, 0.717) is 6.42 Å². The SMILES string of the molecule is CC[C@H]1OC(=O)[C@H](C)[C@@H](O)[C@H](C)[C@@H](O[C@@H]2O[C@H](C)C[C@H](N(C)C)[C@H]2OC(C)=O)[C@@](C)(OC)C[C@@H](C)C(=O)C(COC(C)=O)=C[C@]1(C)O. The van der Waals surface area contributed by atoms with Crippen LogP contribution in [0.3, 0.4) is 0 Å². The minimum absolute atomic E-state index is 0.0227. The molecule has 13 heteroatoms. The first-order valence-electron chi connectivity index (χ1n) is 16.4. The number of nitrogens with zero attached hydrogens (tertiary/aromatic N) is 1. The third-order valence-electron chi connectivity index (χ3n) is 9.46. The molecular weight excluding hydrogens is 614 g/mol. The fraction of sp³-hybridized carbons (Fsp3) is 0.824. The van der Waals surface area contributed by atoms with Gasteiger partial charge in [-0.3, -0.25) is 19.2 Å². The highest BCUT2D eigenvalue weighted by Crippen LogP contribution is 2.39. The first-order chi connectivity index (χ1) is 21.7. The monoisotopic (exact) mass is 671 g/mol. The van der Waals surface area contributed by atoms with Gasteiger partial charge in [-0.15, -0.1) is 0 Å². The Morgan fingerprint density at radius 3 is 2.21 bits per heavy atom. The van der Waals surface area contributed by atoms with Crippen LogP contribution in [0.15, 0.2) is 11.6 Å². The number of ketones is 1. The molecule has 270 valence electrons. The number of aliphatic hydroxyl groups is 2. The lowest BCUT2D eigenvalue weighted by molar-refractivity contribution is -0.303. The van der Waals surface area contributed by atoms with E-state index in [0.717, 1.165) is 0 Å². The van der Waals surface area contributed by atoms with Crippen LogP contribution in [0, 0.1) is 17.8 Å². The molecule has 0 bridgehead atoms. The van der Waals surface area contributed by atoms with Crippen LogP contribution in [-0.2, 0) is 47.6 Å². The smallest absolute Gasteiger partial charge is 0.311 e. The molecule has 0 radical (unpaired) electrons. The minimum Gasteiger partial charge on any atom is -0.461 e. The molecule has 0 aromatic heterocycles. The molecule has 0 aromatic carbocycles. The number of ether oxygens (including phenoxy) is 6. The van der Waals surface area contributed by atoms with Crippen molar-refractivity contribution in [1.29, 1.82) is 0 Å². The van der Waals surface area contributed by atoms with E-state index in [9.17, 15) is 29.4 Å². The van der Waals surface area contributed by atoms with Gasteiger partial charge in [0.15, 0.2) is 18.2 Å². The van der Waals surface area contributed by atoms with Gasteiger partial charge >= 0.3 is 17.9 Å². The second kappa shape index (κ2) is 16.8. The van der Waals surface area contributed by atoms with Gasteiger partial charge in [-0.05, 0) is 67.1 Å².